The van der Waals surface area contributed by atoms with Crippen molar-refractivity contribution < 1.29 is 37.6 Å². The highest BCUT2D eigenvalue weighted by atomic mass is 31.2. The van der Waals surface area contributed by atoms with Gasteiger partial charge in [-0.05, 0) is 77.0 Å². The molecule has 0 aliphatic carbocycles. The van der Waals surface area contributed by atoms with Crippen LogP contribution in [-0.2, 0) is 32.7 Å². The minimum Gasteiger partial charge on any atom is -0.462 e. The summed E-state index contributed by atoms with van der Waals surface area (Å²) in [6.07, 6.45) is 56.7. The third-order valence-electron chi connectivity index (χ3n) is 9.81. The molecular formula is C50H88NO8P. The van der Waals surface area contributed by atoms with E-state index in [1.807, 2.05) is 0 Å². The summed E-state index contributed by atoms with van der Waals surface area (Å²) in [5, 5.41) is 0. The third-order valence-corrected chi connectivity index (χ3v) is 10.8. The Bertz CT molecular complexity index is 1210. The van der Waals surface area contributed by atoms with E-state index in [9.17, 15) is 19.0 Å². The Hall–Kier alpha value is -2.55. The summed E-state index contributed by atoms with van der Waals surface area (Å²) in [5.41, 5.74) is 5.35. The SMILES string of the molecule is CC/C=C\C/C=C\C/C=C\C/C=C\C/C=C\CCCCCCCCCCCCCCCC(=O)OC(COC(=O)CCCCCCC/C=C\CCC)COP(=O)(O)OCCN. The van der Waals surface area contributed by atoms with E-state index < -0.39 is 32.5 Å². The molecule has 9 nitrogen and oxygen atoms in total. The zero-order chi connectivity index (χ0) is 43.9. The van der Waals surface area contributed by atoms with Crippen LogP contribution in [0, 0.1) is 0 Å². The molecule has 0 saturated carbocycles. The molecular weight excluding hydrogens is 774 g/mol. The molecule has 0 saturated heterocycles. The molecule has 2 atom stereocenters. The number of unbranched alkanes of at least 4 members (excludes halogenated alkanes) is 19. The Kier molecular flexibility index (Phi) is 44.0. The molecule has 0 spiro atoms. The average molecular weight is 862 g/mol. The Morgan fingerprint density at radius 3 is 1.38 bits per heavy atom. The van der Waals surface area contributed by atoms with Crippen molar-refractivity contribution in [2.75, 3.05) is 26.4 Å². The van der Waals surface area contributed by atoms with E-state index in [-0.39, 0.29) is 32.6 Å². The Morgan fingerprint density at radius 2 is 0.917 bits per heavy atom. The lowest BCUT2D eigenvalue weighted by Gasteiger charge is -2.19. The highest BCUT2D eigenvalue weighted by Gasteiger charge is 2.26. The van der Waals surface area contributed by atoms with Crippen molar-refractivity contribution in [2.45, 2.75) is 206 Å². The van der Waals surface area contributed by atoms with Crippen molar-refractivity contribution >= 4 is 19.8 Å². The van der Waals surface area contributed by atoms with Gasteiger partial charge in [0.15, 0.2) is 6.10 Å². The first kappa shape index (κ1) is 57.4. The van der Waals surface area contributed by atoms with Crippen LogP contribution in [0.4, 0.5) is 0 Å². The largest absolute Gasteiger partial charge is 0.472 e. The van der Waals surface area contributed by atoms with Gasteiger partial charge in [-0.2, -0.15) is 0 Å². The molecule has 0 aromatic rings. The topological polar surface area (TPSA) is 134 Å². The molecule has 0 heterocycles. The maximum atomic E-state index is 12.6. The van der Waals surface area contributed by atoms with Gasteiger partial charge in [0.05, 0.1) is 13.2 Å². The molecule has 3 N–H and O–H groups in total. The van der Waals surface area contributed by atoms with E-state index >= 15 is 0 Å². The number of rotatable bonds is 44. The highest BCUT2D eigenvalue weighted by Crippen LogP contribution is 2.43. The Morgan fingerprint density at radius 1 is 0.517 bits per heavy atom. The molecule has 0 fully saturated rings. The zero-order valence-electron chi connectivity index (χ0n) is 38.2. The Labute approximate surface area is 367 Å². The normalized spacial score (nSPS) is 13.9. The number of carbonyl (C=O) groups excluding carboxylic acids is 2. The number of ether oxygens (including phenoxy) is 2. The van der Waals surface area contributed by atoms with E-state index in [0.717, 1.165) is 96.3 Å². The number of hydrogen-bond acceptors (Lipinski definition) is 8. The monoisotopic (exact) mass is 862 g/mol. The minimum atomic E-state index is -4.38. The molecule has 0 bridgehead atoms. The summed E-state index contributed by atoms with van der Waals surface area (Å²) in [6.45, 7) is 3.54. The first-order valence-electron chi connectivity index (χ1n) is 23.9. The zero-order valence-corrected chi connectivity index (χ0v) is 39.1. The first-order valence-corrected chi connectivity index (χ1v) is 25.4. The van der Waals surface area contributed by atoms with Gasteiger partial charge in [-0.1, -0.05) is 183 Å². The van der Waals surface area contributed by atoms with Gasteiger partial charge in [-0.25, -0.2) is 4.57 Å². The van der Waals surface area contributed by atoms with Crippen LogP contribution in [0.15, 0.2) is 72.9 Å². The average Bonchev–Trinajstić information content (AvgIpc) is 3.24. The summed E-state index contributed by atoms with van der Waals surface area (Å²) < 4.78 is 32.8. The number of phosphoric acid groups is 1. The number of phosphoric ester groups is 1. The molecule has 0 rings (SSSR count). The summed E-state index contributed by atoms with van der Waals surface area (Å²) in [4.78, 5) is 34.8. The third kappa shape index (κ3) is 45.0. The second kappa shape index (κ2) is 46.0. The highest BCUT2D eigenvalue weighted by molar-refractivity contribution is 7.47. The second-order valence-corrected chi connectivity index (χ2v) is 17.0. The number of carbonyl (C=O) groups is 2. The van der Waals surface area contributed by atoms with E-state index in [2.05, 4.69) is 86.8 Å². The van der Waals surface area contributed by atoms with Crippen molar-refractivity contribution in [2.24, 2.45) is 5.73 Å². The van der Waals surface area contributed by atoms with E-state index in [1.165, 1.54) is 70.6 Å². The van der Waals surface area contributed by atoms with Crippen LogP contribution in [0.1, 0.15) is 200 Å². The fourth-order valence-corrected chi connectivity index (χ4v) is 7.08. The molecule has 0 radical (unpaired) electrons. The van der Waals surface area contributed by atoms with Crippen LogP contribution >= 0.6 is 7.82 Å². The fourth-order valence-electron chi connectivity index (χ4n) is 6.31. The molecule has 0 aromatic heterocycles. The van der Waals surface area contributed by atoms with Crippen LogP contribution in [0.5, 0.6) is 0 Å². The predicted octanol–water partition coefficient (Wildman–Crippen LogP) is 14.2. The van der Waals surface area contributed by atoms with Gasteiger partial charge < -0.3 is 20.1 Å². The van der Waals surface area contributed by atoms with Crippen LogP contribution in [0.3, 0.4) is 0 Å². The maximum Gasteiger partial charge on any atom is 0.472 e. The number of esters is 2. The lowest BCUT2D eigenvalue weighted by Crippen LogP contribution is -2.29. The summed E-state index contributed by atoms with van der Waals surface area (Å²) in [5.74, 6) is -0.845. The standard InChI is InChI=1S/C50H88NO8P/c1-3-5-7-9-11-13-15-16-17-18-19-20-21-22-23-24-25-26-27-28-29-30-31-32-33-35-37-39-41-43-50(53)59-48(47-58-60(54,55)57-45-44-51)46-56-49(52)42-40-38-36-34-14-12-10-8-6-4-2/h5,7-8,10-11,13,16-17,19-20,22-23,48H,3-4,6,9,12,14-15,18,21,24-47,51H2,1-2H3,(H,54,55)/b7-5-,10-8-,13-11-,17-16-,20-19-,23-22-. The van der Waals surface area contributed by atoms with Gasteiger partial charge in [-0.15, -0.1) is 0 Å². The van der Waals surface area contributed by atoms with Crippen LogP contribution in [0.25, 0.3) is 0 Å². The van der Waals surface area contributed by atoms with Gasteiger partial charge in [0.1, 0.15) is 6.61 Å². The fraction of sp³-hybridized carbons (Fsp3) is 0.720. The summed E-state index contributed by atoms with van der Waals surface area (Å²) in [6, 6.07) is 0. The predicted molar refractivity (Wildman–Crippen MR) is 252 cm³/mol. The van der Waals surface area contributed by atoms with Crippen LogP contribution in [-0.4, -0.2) is 49.3 Å². The van der Waals surface area contributed by atoms with Crippen molar-refractivity contribution in [1.29, 1.82) is 0 Å². The molecule has 346 valence electrons. The van der Waals surface area contributed by atoms with Gasteiger partial charge in [0.2, 0.25) is 0 Å². The van der Waals surface area contributed by atoms with Crippen LogP contribution < -0.4 is 5.73 Å². The van der Waals surface area contributed by atoms with Gasteiger partial charge >= 0.3 is 19.8 Å². The number of allylic oxidation sites excluding steroid dienone is 12. The number of nitrogens with two attached hydrogens (primary N) is 1. The molecule has 0 aromatic carbocycles. The molecule has 60 heavy (non-hydrogen) atoms. The quantitative estimate of drug-likeness (QED) is 0.0266. The van der Waals surface area contributed by atoms with Crippen molar-refractivity contribution in [3.8, 4) is 0 Å². The smallest absolute Gasteiger partial charge is 0.462 e. The van der Waals surface area contributed by atoms with E-state index in [0.29, 0.717) is 6.42 Å². The van der Waals surface area contributed by atoms with Crippen molar-refractivity contribution in [1.82, 2.24) is 0 Å². The summed E-state index contributed by atoms with van der Waals surface area (Å²) >= 11 is 0. The molecule has 2 unspecified atom stereocenters. The van der Waals surface area contributed by atoms with Gasteiger partial charge in [0, 0.05) is 19.4 Å². The van der Waals surface area contributed by atoms with Crippen molar-refractivity contribution in [3.63, 3.8) is 0 Å². The minimum absolute atomic E-state index is 0.0499. The lowest BCUT2D eigenvalue weighted by molar-refractivity contribution is -0.161. The molecule has 0 amide bonds. The lowest BCUT2D eigenvalue weighted by atomic mass is 10.0. The molecule has 10 heteroatoms. The van der Waals surface area contributed by atoms with E-state index in [4.69, 9.17) is 24.3 Å². The summed E-state index contributed by atoms with van der Waals surface area (Å²) in [7, 11) is -4.38. The second-order valence-electron chi connectivity index (χ2n) is 15.6. The maximum absolute atomic E-state index is 12.6. The van der Waals surface area contributed by atoms with E-state index in [1.54, 1.807) is 0 Å². The first-order chi connectivity index (χ1) is 29.3. The van der Waals surface area contributed by atoms with Gasteiger partial charge in [-0.3, -0.25) is 18.6 Å². The molecule has 0 aliphatic rings. The molecule has 0 aliphatic heterocycles. The van der Waals surface area contributed by atoms with Gasteiger partial charge in [0.25, 0.3) is 0 Å². The number of hydrogen-bond donors (Lipinski definition) is 2. The van der Waals surface area contributed by atoms with Crippen LogP contribution in [0.2, 0.25) is 0 Å². The van der Waals surface area contributed by atoms with Crippen molar-refractivity contribution in [3.05, 3.63) is 72.9 Å². The Balaban J connectivity index is 3.96.